The molecule has 0 radical (unpaired) electrons. The van der Waals surface area contributed by atoms with E-state index in [0.717, 1.165) is 10.5 Å². The Bertz CT molecular complexity index is 165. The summed E-state index contributed by atoms with van der Waals surface area (Å²) in [5, 5.41) is 17.0. The monoisotopic (exact) mass is 159 g/mol. The van der Waals surface area contributed by atoms with Crippen LogP contribution in [0.2, 0.25) is 0 Å². The highest BCUT2D eigenvalue weighted by Gasteiger charge is 2.01. The van der Waals surface area contributed by atoms with Crippen molar-refractivity contribution in [2.45, 2.75) is 6.92 Å². The first-order chi connectivity index (χ1) is 5.07. The van der Waals surface area contributed by atoms with Gasteiger partial charge in [0.05, 0.1) is 6.61 Å². The van der Waals surface area contributed by atoms with Crippen LogP contribution in [-0.2, 0) is 0 Å². The van der Waals surface area contributed by atoms with E-state index in [2.05, 4.69) is 0 Å². The van der Waals surface area contributed by atoms with Crippen LogP contribution in [0.5, 0.6) is 0 Å². The minimum Gasteiger partial charge on any atom is -0.465 e. The van der Waals surface area contributed by atoms with E-state index in [9.17, 15) is 4.79 Å². The van der Waals surface area contributed by atoms with Gasteiger partial charge < -0.3 is 15.1 Å². The highest BCUT2D eigenvalue weighted by atomic mass is 16.4. The molecule has 11 heavy (non-hydrogen) atoms. The average molecular weight is 159 g/mol. The van der Waals surface area contributed by atoms with Crippen molar-refractivity contribution in [2.75, 3.05) is 20.2 Å². The zero-order valence-corrected chi connectivity index (χ0v) is 6.74. The van der Waals surface area contributed by atoms with E-state index in [4.69, 9.17) is 10.2 Å². The van der Waals surface area contributed by atoms with Gasteiger partial charge in [0.25, 0.3) is 0 Å². The summed E-state index contributed by atoms with van der Waals surface area (Å²) in [6.07, 6.45) is 0.709. The van der Waals surface area contributed by atoms with Crippen molar-refractivity contribution in [1.82, 2.24) is 4.90 Å². The minimum absolute atomic E-state index is 0.0204. The van der Waals surface area contributed by atoms with Gasteiger partial charge in [0.1, 0.15) is 0 Å². The zero-order valence-electron chi connectivity index (χ0n) is 6.74. The molecule has 0 atom stereocenters. The SMILES string of the molecule is C/C(=C\CN(C)C(=O)O)CO. The first-order valence-corrected chi connectivity index (χ1v) is 3.28. The Morgan fingerprint density at radius 3 is 2.55 bits per heavy atom. The van der Waals surface area contributed by atoms with Gasteiger partial charge in [-0.1, -0.05) is 11.6 Å². The lowest BCUT2D eigenvalue weighted by atomic mass is 10.3. The first-order valence-electron chi connectivity index (χ1n) is 3.28. The van der Waals surface area contributed by atoms with Crippen LogP contribution >= 0.6 is 0 Å². The van der Waals surface area contributed by atoms with Crippen LogP contribution in [-0.4, -0.2) is 41.4 Å². The second kappa shape index (κ2) is 4.73. The van der Waals surface area contributed by atoms with Crippen molar-refractivity contribution in [3.8, 4) is 0 Å². The Morgan fingerprint density at radius 2 is 2.18 bits per heavy atom. The molecule has 0 aliphatic carbocycles. The summed E-state index contributed by atoms with van der Waals surface area (Å²) in [6.45, 7) is 2.05. The van der Waals surface area contributed by atoms with Gasteiger partial charge in [-0.3, -0.25) is 0 Å². The molecule has 0 saturated carbocycles. The molecule has 0 spiro atoms. The van der Waals surface area contributed by atoms with Gasteiger partial charge >= 0.3 is 6.09 Å². The van der Waals surface area contributed by atoms with Crippen molar-refractivity contribution in [1.29, 1.82) is 0 Å². The van der Waals surface area contributed by atoms with Gasteiger partial charge in [-0.15, -0.1) is 0 Å². The molecule has 0 aliphatic heterocycles. The quantitative estimate of drug-likeness (QED) is 0.590. The lowest BCUT2D eigenvalue weighted by molar-refractivity contribution is 0.160. The van der Waals surface area contributed by atoms with E-state index < -0.39 is 6.09 Å². The number of carbonyl (C=O) groups is 1. The number of likely N-dealkylation sites (N-methyl/N-ethyl adjacent to an activating group) is 1. The summed E-state index contributed by atoms with van der Waals surface area (Å²) < 4.78 is 0. The molecular formula is C7H13NO3. The Kier molecular flexibility index (Phi) is 4.29. The second-order valence-corrected chi connectivity index (χ2v) is 2.37. The predicted molar refractivity (Wildman–Crippen MR) is 41.5 cm³/mol. The molecule has 1 amide bonds. The number of nitrogens with zero attached hydrogens (tertiary/aromatic N) is 1. The molecule has 0 heterocycles. The molecule has 2 N–H and O–H groups in total. The summed E-state index contributed by atoms with van der Waals surface area (Å²) in [5.74, 6) is 0. The van der Waals surface area contributed by atoms with Crippen LogP contribution in [0.4, 0.5) is 4.79 Å². The van der Waals surface area contributed by atoms with Crippen molar-refractivity contribution in [2.24, 2.45) is 0 Å². The largest absolute Gasteiger partial charge is 0.465 e. The van der Waals surface area contributed by atoms with Gasteiger partial charge in [0.15, 0.2) is 0 Å². The number of rotatable bonds is 3. The summed E-state index contributed by atoms with van der Waals surface area (Å²) in [5.41, 5.74) is 0.776. The fraction of sp³-hybridized carbons (Fsp3) is 0.571. The van der Waals surface area contributed by atoms with Crippen LogP contribution in [0, 0.1) is 0 Å². The molecule has 0 unspecified atom stereocenters. The lowest BCUT2D eigenvalue weighted by Gasteiger charge is -2.09. The Labute approximate surface area is 65.7 Å². The van der Waals surface area contributed by atoms with Crippen LogP contribution in [0.25, 0.3) is 0 Å². The van der Waals surface area contributed by atoms with Gasteiger partial charge in [-0.25, -0.2) is 4.79 Å². The Balaban J connectivity index is 3.78. The molecule has 0 bridgehead atoms. The van der Waals surface area contributed by atoms with Crippen LogP contribution in [0.15, 0.2) is 11.6 Å². The van der Waals surface area contributed by atoms with E-state index in [1.807, 2.05) is 0 Å². The third-order valence-corrected chi connectivity index (χ3v) is 1.29. The average Bonchev–Trinajstić information content (AvgIpc) is 1.99. The lowest BCUT2D eigenvalue weighted by Crippen LogP contribution is -2.24. The molecule has 0 saturated heterocycles. The van der Waals surface area contributed by atoms with Crippen molar-refractivity contribution in [3.63, 3.8) is 0 Å². The molecule has 0 fully saturated rings. The summed E-state index contributed by atoms with van der Waals surface area (Å²) >= 11 is 0. The molecule has 0 aromatic carbocycles. The van der Waals surface area contributed by atoms with Crippen LogP contribution < -0.4 is 0 Å². The number of amides is 1. The molecule has 4 nitrogen and oxygen atoms in total. The van der Waals surface area contributed by atoms with E-state index in [1.165, 1.54) is 7.05 Å². The maximum Gasteiger partial charge on any atom is 0.407 e. The number of aliphatic hydroxyl groups excluding tert-OH is 1. The third kappa shape index (κ3) is 4.38. The standard InChI is InChI=1S/C7H13NO3/c1-6(5-9)3-4-8(2)7(10)11/h3,9H,4-5H2,1-2H3,(H,10,11)/b6-3+. The molecule has 0 aromatic heterocycles. The zero-order chi connectivity index (χ0) is 8.85. The van der Waals surface area contributed by atoms with Crippen molar-refractivity contribution >= 4 is 6.09 Å². The molecule has 4 heteroatoms. The second-order valence-electron chi connectivity index (χ2n) is 2.37. The van der Waals surface area contributed by atoms with Crippen molar-refractivity contribution < 1.29 is 15.0 Å². The molecule has 0 rings (SSSR count). The van der Waals surface area contributed by atoms with E-state index >= 15 is 0 Å². The highest BCUT2D eigenvalue weighted by Crippen LogP contribution is 1.91. The summed E-state index contributed by atoms with van der Waals surface area (Å²) in [6, 6.07) is 0. The maximum absolute atomic E-state index is 10.2. The smallest absolute Gasteiger partial charge is 0.407 e. The van der Waals surface area contributed by atoms with E-state index in [1.54, 1.807) is 13.0 Å². The number of carboxylic acid groups (broad SMARTS) is 1. The Hall–Kier alpha value is -1.03. The molecule has 0 aromatic rings. The fourth-order valence-corrected chi connectivity index (χ4v) is 0.435. The predicted octanol–water partition coefficient (Wildman–Crippen LogP) is 0.535. The summed E-state index contributed by atoms with van der Waals surface area (Å²) in [7, 11) is 1.48. The minimum atomic E-state index is -0.966. The third-order valence-electron chi connectivity index (χ3n) is 1.29. The van der Waals surface area contributed by atoms with Gasteiger partial charge in [0, 0.05) is 13.6 Å². The normalized spacial score (nSPS) is 11.4. The maximum atomic E-state index is 10.2. The number of hydrogen-bond acceptors (Lipinski definition) is 2. The van der Waals surface area contributed by atoms with E-state index in [-0.39, 0.29) is 6.61 Å². The highest BCUT2D eigenvalue weighted by molar-refractivity contribution is 5.64. The van der Waals surface area contributed by atoms with Gasteiger partial charge in [-0.05, 0) is 6.92 Å². The molecular weight excluding hydrogens is 146 g/mol. The van der Waals surface area contributed by atoms with Crippen LogP contribution in [0.1, 0.15) is 6.92 Å². The molecule has 0 aliphatic rings. The topological polar surface area (TPSA) is 60.8 Å². The van der Waals surface area contributed by atoms with Gasteiger partial charge in [-0.2, -0.15) is 0 Å². The first kappa shape index (κ1) is 9.97. The number of hydrogen-bond donors (Lipinski definition) is 2. The van der Waals surface area contributed by atoms with E-state index in [0.29, 0.717) is 6.54 Å². The molecule has 64 valence electrons. The summed E-state index contributed by atoms with van der Waals surface area (Å²) in [4.78, 5) is 11.4. The fourth-order valence-electron chi connectivity index (χ4n) is 0.435. The van der Waals surface area contributed by atoms with Gasteiger partial charge in [0.2, 0.25) is 0 Å². The number of aliphatic hydroxyl groups is 1. The van der Waals surface area contributed by atoms with Crippen molar-refractivity contribution in [3.05, 3.63) is 11.6 Å². The van der Waals surface area contributed by atoms with Crippen LogP contribution in [0.3, 0.4) is 0 Å². The Morgan fingerprint density at radius 1 is 1.64 bits per heavy atom.